The number of rotatable bonds is 7. The second kappa shape index (κ2) is 9.49. The van der Waals surface area contributed by atoms with Crippen LogP contribution in [0.5, 0.6) is 5.75 Å². The Morgan fingerprint density at radius 2 is 1.96 bits per heavy atom. The minimum Gasteiger partial charge on any atom is -0.494 e. The Kier molecular flexibility index (Phi) is 6.55. The third kappa shape index (κ3) is 5.29. The molecule has 28 heavy (non-hydrogen) atoms. The van der Waals surface area contributed by atoms with E-state index in [-0.39, 0.29) is 5.57 Å². The molecule has 1 heterocycles. The highest BCUT2D eigenvalue weighted by Crippen LogP contribution is 2.22. The standard InChI is InChI=1S/C22H19N3O2S/c1-2-27-19-10-8-17(9-11-19)12-18(14-23)21(26)25-22-24-15-20(28-22)13-16-6-4-3-5-7-16/h3-12,15H,2,13H2,1H3,(H,24,25,26)/b18-12-. The summed E-state index contributed by atoms with van der Waals surface area (Å²) in [6.45, 7) is 2.50. The van der Waals surface area contributed by atoms with Gasteiger partial charge in [0.15, 0.2) is 5.13 Å². The lowest BCUT2D eigenvalue weighted by Crippen LogP contribution is -2.13. The molecule has 0 bridgehead atoms. The third-order valence-corrected chi connectivity index (χ3v) is 4.78. The topological polar surface area (TPSA) is 75.0 Å². The molecule has 0 aliphatic heterocycles. The van der Waals surface area contributed by atoms with E-state index in [1.54, 1.807) is 36.5 Å². The monoisotopic (exact) mass is 389 g/mol. The van der Waals surface area contributed by atoms with Crippen LogP contribution in [0.25, 0.3) is 6.08 Å². The number of carbonyl (C=O) groups is 1. The zero-order valence-corrected chi connectivity index (χ0v) is 16.2. The number of carbonyl (C=O) groups excluding carboxylic acids is 1. The molecule has 1 aromatic heterocycles. The predicted octanol–water partition coefficient (Wildman–Crippen LogP) is 4.68. The number of nitrogens with zero attached hydrogens (tertiary/aromatic N) is 2. The van der Waals surface area contributed by atoms with Crippen molar-refractivity contribution in [1.29, 1.82) is 5.26 Å². The molecule has 0 radical (unpaired) electrons. The van der Waals surface area contributed by atoms with Crippen molar-refractivity contribution in [1.82, 2.24) is 4.98 Å². The first-order valence-electron chi connectivity index (χ1n) is 8.82. The van der Waals surface area contributed by atoms with Gasteiger partial charge in [0, 0.05) is 17.5 Å². The lowest BCUT2D eigenvalue weighted by molar-refractivity contribution is -0.112. The van der Waals surface area contributed by atoms with Crippen LogP contribution in [0.3, 0.4) is 0 Å². The van der Waals surface area contributed by atoms with Gasteiger partial charge in [0.05, 0.1) is 6.61 Å². The van der Waals surface area contributed by atoms with E-state index in [9.17, 15) is 10.1 Å². The van der Waals surface area contributed by atoms with Crippen molar-refractivity contribution in [2.45, 2.75) is 13.3 Å². The number of thiazole rings is 1. The molecule has 0 unspecified atom stereocenters. The lowest BCUT2D eigenvalue weighted by atomic mass is 10.1. The van der Waals surface area contributed by atoms with E-state index in [0.717, 1.165) is 22.6 Å². The van der Waals surface area contributed by atoms with Crippen LogP contribution in [0, 0.1) is 11.3 Å². The second-order valence-corrected chi connectivity index (χ2v) is 7.04. The second-order valence-electron chi connectivity index (χ2n) is 5.92. The van der Waals surface area contributed by atoms with Crippen LogP contribution in [-0.4, -0.2) is 17.5 Å². The van der Waals surface area contributed by atoms with Gasteiger partial charge >= 0.3 is 0 Å². The quantitative estimate of drug-likeness (QED) is 0.470. The molecular formula is C22H19N3O2S. The van der Waals surface area contributed by atoms with E-state index in [0.29, 0.717) is 11.7 Å². The Bertz CT molecular complexity index is 1000. The molecule has 2 aromatic carbocycles. The first-order valence-corrected chi connectivity index (χ1v) is 9.64. The van der Waals surface area contributed by atoms with Crippen molar-refractivity contribution in [3.8, 4) is 11.8 Å². The molecule has 0 fully saturated rings. The summed E-state index contributed by atoms with van der Waals surface area (Å²) in [5.41, 5.74) is 1.94. The van der Waals surface area contributed by atoms with Crippen molar-refractivity contribution < 1.29 is 9.53 Å². The fourth-order valence-electron chi connectivity index (χ4n) is 2.55. The van der Waals surface area contributed by atoms with Crippen LogP contribution < -0.4 is 10.1 Å². The van der Waals surface area contributed by atoms with Crippen LogP contribution in [0.4, 0.5) is 5.13 Å². The molecular weight excluding hydrogens is 370 g/mol. The van der Waals surface area contributed by atoms with Gasteiger partial charge < -0.3 is 4.74 Å². The molecule has 6 heteroatoms. The fourth-order valence-corrected chi connectivity index (χ4v) is 3.39. The Balaban J connectivity index is 1.66. The highest BCUT2D eigenvalue weighted by Gasteiger charge is 2.12. The Morgan fingerprint density at radius 1 is 1.21 bits per heavy atom. The van der Waals surface area contributed by atoms with E-state index in [4.69, 9.17) is 4.74 Å². The molecule has 0 spiro atoms. The number of anilines is 1. The van der Waals surface area contributed by atoms with Crippen LogP contribution in [0.15, 0.2) is 66.4 Å². The number of nitriles is 1. The molecule has 0 saturated carbocycles. The van der Waals surface area contributed by atoms with Crippen molar-refractivity contribution in [2.75, 3.05) is 11.9 Å². The van der Waals surface area contributed by atoms with Gasteiger partial charge in [0.2, 0.25) is 0 Å². The molecule has 0 aliphatic rings. The van der Waals surface area contributed by atoms with Crippen LogP contribution >= 0.6 is 11.3 Å². The molecule has 0 atom stereocenters. The van der Waals surface area contributed by atoms with Gasteiger partial charge in [-0.3, -0.25) is 10.1 Å². The van der Waals surface area contributed by atoms with E-state index < -0.39 is 5.91 Å². The molecule has 1 amide bonds. The van der Waals surface area contributed by atoms with E-state index >= 15 is 0 Å². The van der Waals surface area contributed by atoms with Gasteiger partial charge in [-0.05, 0) is 36.3 Å². The first-order chi connectivity index (χ1) is 13.7. The van der Waals surface area contributed by atoms with Crippen molar-refractivity contribution >= 4 is 28.5 Å². The SMILES string of the molecule is CCOc1ccc(/C=C(/C#N)C(=O)Nc2ncc(Cc3ccccc3)s2)cc1. The Hall–Kier alpha value is -3.43. The molecule has 3 rings (SSSR count). The largest absolute Gasteiger partial charge is 0.494 e. The van der Waals surface area contributed by atoms with Crippen LogP contribution in [0.1, 0.15) is 22.9 Å². The van der Waals surface area contributed by atoms with E-state index in [1.165, 1.54) is 16.9 Å². The summed E-state index contributed by atoms with van der Waals surface area (Å²) in [5.74, 6) is 0.272. The average molecular weight is 389 g/mol. The first kappa shape index (κ1) is 19.3. The molecule has 5 nitrogen and oxygen atoms in total. The number of amides is 1. The van der Waals surface area contributed by atoms with E-state index in [2.05, 4.69) is 10.3 Å². The maximum absolute atomic E-state index is 12.4. The highest BCUT2D eigenvalue weighted by atomic mass is 32.1. The van der Waals surface area contributed by atoms with Gasteiger partial charge in [-0.1, -0.05) is 42.5 Å². The molecule has 1 N–H and O–H groups in total. The highest BCUT2D eigenvalue weighted by molar-refractivity contribution is 7.15. The summed E-state index contributed by atoms with van der Waals surface area (Å²) < 4.78 is 5.39. The average Bonchev–Trinajstić information content (AvgIpc) is 3.15. The number of hydrogen-bond donors (Lipinski definition) is 1. The van der Waals surface area contributed by atoms with Gasteiger partial charge in [0.25, 0.3) is 5.91 Å². The summed E-state index contributed by atoms with van der Waals surface area (Å²) in [6, 6.07) is 19.2. The lowest BCUT2D eigenvalue weighted by Gasteiger charge is -2.03. The number of aromatic nitrogens is 1. The molecule has 0 aliphatic carbocycles. The van der Waals surface area contributed by atoms with Crippen molar-refractivity contribution in [3.63, 3.8) is 0 Å². The van der Waals surface area contributed by atoms with E-state index in [1.807, 2.05) is 43.3 Å². The van der Waals surface area contributed by atoms with Gasteiger partial charge in [0.1, 0.15) is 17.4 Å². The minimum absolute atomic E-state index is 0.0176. The Morgan fingerprint density at radius 3 is 2.64 bits per heavy atom. The maximum Gasteiger partial charge on any atom is 0.268 e. The minimum atomic E-state index is -0.475. The summed E-state index contributed by atoms with van der Waals surface area (Å²) in [6.07, 6.45) is 4.04. The number of hydrogen-bond acceptors (Lipinski definition) is 5. The van der Waals surface area contributed by atoms with Crippen LogP contribution in [-0.2, 0) is 11.2 Å². The third-order valence-electron chi connectivity index (χ3n) is 3.86. The summed E-state index contributed by atoms with van der Waals surface area (Å²) in [4.78, 5) is 17.7. The van der Waals surface area contributed by atoms with Gasteiger partial charge in [-0.15, -0.1) is 11.3 Å². The molecule has 3 aromatic rings. The number of nitrogens with one attached hydrogen (secondary N) is 1. The fraction of sp³-hybridized carbons (Fsp3) is 0.136. The smallest absolute Gasteiger partial charge is 0.268 e. The van der Waals surface area contributed by atoms with Crippen molar-refractivity contribution in [2.24, 2.45) is 0 Å². The number of benzene rings is 2. The molecule has 0 saturated heterocycles. The Labute approximate surface area is 167 Å². The summed E-state index contributed by atoms with van der Waals surface area (Å²) >= 11 is 1.40. The van der Waals surface area contributed by atoms with Gasteiger partial charge in [-0.25, -0.2) is 4.98 Å². The summed E-state index contributed by atoms with van der Waals surface area (Å²) in [5, 5.41) is 12.5. The van der Waals surface area contributed by atoms with Gasteiger partial charge in [-0.2, -0.15) is 5.26 Å². The summed E-state index contributed by atoms with van der Waals surface area (Å²) in [7, 11) is 0. The predicted molar refractivity (Wildman–Crippen MR) is 111 cm³/mol. The maximum atomic E-state index is 12.4. The normalized spacial score (nSPS) is 10.9. The van der Waals surface area contributed by atoms with Crippen molar-refractivity contribution in [3.05, 3.63) is 82.4 Å². The zero-order chi connectivity index (χ0) is 19.8. The van der Waals surface area contributed by atoms with Crippen LogP contribution in [0.2, 0.25) is 0 Å². The number of ether oxygens (including phenoxy) is 1. The zero-order valence-electron chi connectivity index (χ0n) is 15.4. The molecule has 140 valence electrons.